The number of hydrogen-bond donors (Lipinski definition) is 1. The van der Waals surface area contributed by atoms with Crippen LogP contribution in [0.25, 0.3) is 0 Å². The molecule has 1 amide bonds. The second-order valence-electron chi connectivity index (χ2n) is 5.10. The van der Waals surface area contributed by atoms with E-state index in [4.69, 9.17) is 0 Å². The number of thiazole rings is 1. The van der Waals surface area contributed by atoms with Gasteiger partial charge in [-0.1, -0.05) is 18.2 Å². The highest BCUT2D eigenvalue weighted by Gasteiger charge is 2.15. The van der Waals surface area contributed by atoms with E-state index in [-0.39, 0.29) is 5.91 Å². The molecule has 1 aliphatic carbocycles. The summed E-state index contributed by atoms with van der Waals surface area (Å²) < 4.78 is 0. The highest BCUT2D eigenvalue weighted by atomic mass is 32.1. The van der Waals surface area contributed by atoms with Crippen molar-refractivity contribution in [2.75, 3.05) is 5.32 Å². The van der Waals surface area contributed by atoms with Gasteiger partial charge >= 0.3 is 0 Å². The molecule has 3 rings (SSSR count). The summed E-state index contributed by atoms with van der Waals surface area (Å²) in [4.78, 5) is 18.0. The summed E-state index contributed by atoms with van der Waals surface area (Å²) in [6, 6.07) is 9.59. The van der Waals surface area contributed by atoms with E-state index in [1.165, 1.54) is 29.8 Å². The SMILES string of the molecule is O=C(CCc1nc2c(s1)CCCC2)Nc1ccccc1. The van der Waals surface area contributed by atoms with Crippen molar-refractivity contribution < 1.29 is 4.79 Å². The lowest BCUT2D eigenvalue weighted by molar-refractivity contribution is -0.116. The quantitative estimate of drug-likeness (QED) is 0.933. The Labute approximate surface area is 123 Å². The van der Waals surface area contributed by atoms with Crippen LogP contribution in [0.3, 0.4) is 0 Å². The van der Waals surface area contributed by atoms with Crippen molar-refractivity contribution in [3.8, 4) is 0 Å². The first kappa shape index (κ1) is 13.3. The van der Waals surface area contributed by atoms with Crippen LogP contribution < -0.4 is 5.32 Å². The molecule has 0 unspecified atom stereocenters. The second kappa shape index (κ2) is 6.18. The van der Waals surface area contributed by atoms with Crippen LogP contribution in [0.4, 0.5) is 5.69 Å². The first-order valence-electron chi connectivity index (χ1n) is 7.13. The van der Waals surface area contributed by atoms with E-state index in [0.717, 1.165) is 23.5 Å². The summed E-state index contributed by atoms with van der Waals surface area (Å²) in [5.41, 5.74) is 2.13. The molecule has 1 heterocycles. The lowest BCUT2D eigenvalue weighted by atomic mass is 10.0. The van der Waals surface area contributed by atoms with Gasteiger partial charge in [0.2, 0.25) is 5.91 Å². The van der Waals surface area contributed by atoms with Crippen molar-refractivity contribution in [2.45, 2.75) is 38.5 Å². The minimum absolute atomic E-state index is 0.0596. The number of carbonyl (C=O) groups excluding carboxylic acids is 1. The number of rotatable bonds is 4. The molecule has 20 heavy (non-hydrogen) atoms. The maximum atomic E-state index is 11.9. The van der Waals surface area contributed by atoms with E-state index in [1.807, 2.05) is 30.3 Å². The van der Waals surface area contributed by atoms with Gasteiger partial charge in [0.1, 0.15) is 0 Å². The molecule has 104 valence electrons. The summed E-state index contributed by atoms with van der Waals surface area (Å²) >= 11 is 1.79. The van der Waals surface area contributed by atoms with Crippen LogP contribution in [0, 0.1) is 0 Å². The standard InChI is InChI=1S/C16H18N2OS/c19-15(17-12-6-2-1-3-7-12)10-11-16-18-13-8-4-5-9-14(13)20-16/h1-3,6-7H,4-5,8-11H2,(H,17,19). The predicted molar refractivity (Wildman–Crippen MR) is 82.1 cm³/mol. The third-order valence-electron chi connectivity index (χ3n) is 3.51. The normalized spacial score (nSPS) is 13.8. The van der Waals surface area contributed by atoms with Gasteiger partial charge in [-0.25, -0.2) is 4.98 Å². The minimum Gasteiger partial charge on any atom is -0.326 e. The Morgan fingerprint density at radius 2 is 2.00 bits per heavy atom. The van der Waals surface area contributed by atoms with Crippen LogP contribution in [0.15, 0.2) is 30.3 Å². The van der Waals surface area contributed by atoms with Crippen molar-refractivity contribution in [2.24, 2.45) is 0 Å². The number of para-hydroxylation sites is 1. The number of nitrogens with one attached hydrogen (secondary N) is 1. The number of benzene rings is 1. The van der Waals surface area contributed by atoms with Crippen molar-refractivity contribution in [1.82, 2.24) is 4.98 Å². The molecule has 4 heteroatoms. The first-order chi connectivity index (χ1) is 9.81. The molecule has 3 nitrogen and oxygen atoms in total. The van der Waals surface area contributed by atoms with Crippen LogP contribution >= 0.6 is 11.3 Å². The Balaban J connectivity index is 1.54. The summed E-state index contributed by atoms with van der Waals surface area (Å²) in [5.74, 6) is 0.0596. The van der Waals surface area contributed by atoms with E-state index >= 15 is 0 Å². The molecule has 1 N–H and O–H groups in total. The van der Waals surface area contributed by atoms with Crippen LogP contribution in [-0.2, 0) is 24.1 Å². The van der Waals surface area contributed by atoms with E-state index in [2.05, 4.69) is 10.3 Å². The number of aryl methyl sites for hydroxylation is 3. The maximum absolute atomic E-state index is 11.9. The molecule has 0 atom stereocenters. The molecule has 1 aliphatic rings. The molecular weight excluding hydrogens is 268 g/mol. The van der Waals surface area contributed by atoms with Crippen LogP contribution in [0.1, 0.15) is 34.8 Å². The fraction of sp³-hybridized carbons (Fsp3) is 0.375. The number of aromatic nitrogens is 1. The van der Waals surface area contributed by atoms with E-state index in [0.29, 0.717) is 6.42 Å². The van der Waals surface area contributed by atoms with Gasteiger partial charge in [0.05, 0.1) is 10.7 Å². The molecule has 1 aromatic heterocycles. The molecule has 0 saturated carbocycles. The van der Waals surface area contributed by atoms with Gasteiger partial charge in [0.15, 0.2) is 0 Å². The number of anilines is 1. The van der Waals surface area contributed by atoms with E-state index in [1.54, 1.807) is 11.3 Å². The lowest BCUT2D eigenvalue weighted by Gasteiger charge is -2.06. The number of hydrogen-bond acceptors (Lipinski definition) is 3. The van der Waals surface area contributed by atoms with Crippen molar-refractivity contribution in [3.63, 3.8) is 0 Å². The molecular formula is C16H18N2OS. The molecule has 0 spiro atoms. The second-order valence-corrected chi connectivity index (χ2v) is 6.27. The van der Waals surface area contributed by atoms with Crippen LogP contribution in [0.2, 0.25) is 0 Å². The fourth-order valence-electron chi connectivity index (χ4n) is 2.48. The molecule has 0 radical (unpaired) electrons. The molecule has 0 fully saturated rings. The number of fused-ring (bicyclic) bond motifs is 1. The Hall–Kier alpha value is -1.68. The smallest absolute Gasteiger partial charge is 0.224 e. The van der Waals surface area contributed by atoms with E-state index < -0.39 is 0 Å². The van der Waals surface area contributed by atoms with Crippen molar-refractivity contribution in [3.05, 3.63) is 45.9 Å². The zero-order valence-electron chi connectivity index (χ0n) is 11.4. The predicted octanol–water partition coefficient (Wildman–Crippen LogP) is 3.59. The van der Waals surface area contributed by atoms with Crippen LogP contribution in [0.5, 0.6) is 0 Å². The van der Waals surface area contributed by atoms with Gasteiger partial charge in [0, 0.05) is 23.4 Å². The van der Waals surface area contributed by atoms with Crippen LogP contribution in [-0.4, -0.2) is 10.9 Å². The zero-order valence-corrected chi connectivity index (χ0v) is 12.2. The molecule has 1 aromatic carbocycles. The summed E-state index contributed by atoms with van der Waals surface area (Å²) in [7, 11) is 0. The van der Waals surface area contributed by atoms with Gasteiger partial charge in [-0.15, -0.1) is 11.3 Å². The fourth-order valence-corrected chi connectivity index (χ4v) is 3.63. The lowest BCUT2D eigenvalue weighted by Crippen LogP contribution is -2.12. The van der Waals surface area contributed by atoms with Gasteiger partial charge < -0.3 is 5.32 Å². The average Bonchev–Trinajstić information content (AvgIpc) is 2.89. The summed E-state index contributed by atoms with van der Waals surface area (Å²) in [6.07, 6.45) is 6.07. The van der Waals surface area contributed by atoms with Crippen molar-refractivity contribution in [1.29, 1.82) is 0 Å². The third kappa shape index (κ3) is 3.25. The molecule has 2 aromatic rings. The van der Waals surface area contributed by atoms with E-state index in [9.17, 15) is 4.79 Å². The summed E-state index contributed by atoms with van der Waals surface area (Å²) in [6.45, 7) is 0. The number of carbonyl (C=O) groups is 1. The van der Waals surface area contributed by atoms with Crippen molar-refractivity contribution >= 4 is 22.9 Å². The largest absolute Gasteiger partial charge is 0.326 e. The average molecular weight is 286 g/mol. The maximum Gasteiger partial charge on any atom is 0.224 e. The van der Waals surface area contributed by atoms with Gasteiger partial charge in [-0.3, -0.25) is 4.79 Å². The Kier molecular flexibility index (Phi) is 4.11. The first-order valence-corrected chi connectivity index (χ1v) is 7.95. The molecule has 0 bridgehead atoms. The monoisotopic (exact) mass is 286 g/mol. The Morgan fingerprint density at radius 3 is 2.80 bits per heavy atom. The third-order valence-corrected chi connectivity index (χ3v) is 4.73. The molecule has 0 saturated heterocycles. The van der Waals surface area contributed by atoms with Gasteiger partial charge in [0.25, 0.3) is 0 Å². The minimum atomic E-state index is 0.0596. The highest BCUT2D eigenvalue weighted by Crippen LogP contribution is 2.27. The number of nitrogens with zero attached hydrogens (tertiary/aromatic N) is 1. The summed E-state index contributed by atoms with van der Waals surface area (Å²) in [5, 5.41) is 4.02. The Morgan fingerprint density at radius 1 is 1.20 bits per heavy atom. The van der Waals surface area contributed by atoms with Gasteiger partial charge in [-0.05, 0) is 37.8 Å². The number of amides is 1. The van der Waals surface area contributed by atoms with Gasteiger partial charge in [-0.2, -0.15) is 0 Å². The topological polar surface area (TPSA) is 42.0 Å². The molecule has 0 aliphatic heterocycles. The Bertz CT molecular complexity index is 568. The highest BCUT2D eigenvalue weighted by molar-refractivity contribution is 7.11. The zero-order chi connectivity index (χ0) is 13.8.